The largest absolute Gasteiger partial charge is 0.382 e. The Balaban J connectivity index is 2.20. The second-order valence-electron chi connectivity index (χ2n) is 3.71. The maximum atomic E-state index is 9.02. The Morgan fingerprint density at radius 3 is 3.25 bits per heavy atom. The highest BCUT2D eigenvalue weighted by molar-refractivity contribution is 7.10. The zero-order valence-electron chi connectivity index (χ0n) is 9.14. The fraction of sp³-hybridized carbons (Fsp3) is 0.600. The van der Waals surface area contributed by atoms with Crippen LogP contribution in [0.3, 0.4) is 0 Å². The lowest BCUT2D eigenvalue weighted by atomic mass is 10.2. The fourth-order valence-corrected chi connectivity index (χ4v) is 2.56. The average molecular weight is 238 g/mol. The van der Waals surface area contributed by atoms with E-state index in [1.165, 1.54) is 11.5 Å². The lowest BCUT2D eigenvalue weighted by molar-refractivity contribution is 0.0386. The highest BCUT2D eigenvalue weighted by atomic mass is 32.1. The number of nitrogens with zero attached hydrogens (tertiary/aromatic N) is 3. The Morgan fingerprint density at radius 1 is 1.75 bits per heavy atom. The molecule has 6 heteroatoms. The number of hydrogen-bond donors (Lipinski definition) is 1. The molecule has 86 valence electrons. The van der Waals surface area contributed by atoms with Crippen LogP contribution in [-0.4, -0.2) is 30.2 Å². The SMILES string of the molecule is CCC1CN(c2snc(N)c2C#N)CCO1. The molecule has 1 saturated heterocycles. The molecule has 1 aromatic heterocycles. The van der Waals surface area contributed by atoms with Crippen LogP contribution in [0, 0.1) is 11.3 Å². The van der Waals surface area contributed by atoms with Gasteiger partial charge in [-0.3, -0.25) is 0 Å². The van der Waals surface area contributed by atoms with Crippen LogP contribution in [-0.2, 0) is 4.74 Å². The highest BCUT2D eigenvalue weighted by Gasteiger charge is 2.24. The maximum Gasteiger partial charge on any atom is 0.157 e. The Morgan fingerprint density at radius 2 is 2.56 bits per heavy atom. The predicted octanol–water partition coefficient (Wildman–Crippen LogP) is 1.21. The molecule has 0 amide bonds. The number of ether oxygens (including phenoxy) is 1. The summed E-state index contributed by atoms with van der Waals surface area (Å²) in [5, 5.41) is 9.90. The van der Waals surface area contributed by atoms with Crippen molar-refractivity contribution in [2.75, 3.05) is 30.3 Å². The number of hydrogen-bond acceptors (Lipinski definition) is 6. The van der Waals surface area contributed by atoms with Crippen molar-refractivity contribution in [2.24, 2.45) is 0 Å². The number of aromatic nitrogens is 1. The van der Waals surface area contributed by atoms with Gasteiger partial charge in [0.25, 0.3) is 0 Å². The molecule has 1 aliphatic rings. The smallest absolute Gasteiger partial charge is 0.157 e. The maximum absolute atomic E-state index is 9.02. The van der Waals surface area contributed by atoms with Crippen molar-refractivity contribution in [1.29, 1.82) is 5.26 Å². The van der Waals surface area contributed by atoms with Gasteiger partial charge in [-0.25, -0.2) is 0 Å². The Bertz CT molecular complexity index is 411. The lowest BCUT2D eigenvalue weighted by Gasteiger charge is -2.32. The molecule has 0 saturated carbocycles. The van der Waals surface area contributed by atoms with E-state index >= 15 is 0 Å². The number of nitriles is 1. The van der Waals surface area contributed by atoms with E-state index in [2.05, 4.69) is 22.3 Å². The minimum Gasteiger partial charge on any atom is -0.382 e. The van der Waals surface area contributed by atoms with Crippen molar-refractivity contribution < 1.29 is 4.74 Å². The molecule has 16 heavy (non-hydrogen) atoms. The van der Waals surface area contributed by atoms with Crippen LogP contribution in [0.5, 0.6) is 0 Å². The lowest BCUT2D eigenvalue weighted by Crippen LogP contribution is -2.42. The van der Waals surface area contributed by atoms with E-state index in [0.29, 0.717) is 18.0 Å². The normalized spacial score (nSPS) is 20.8. The summed E-state index contributed by atoms with van der Waals surface area (Å²) in [7, 11) is 0. The molecular weight excluding hydrogens is 224 g/mol. The zero-order chi connectivity index (χ0) is 11.5. The van der Waals surface area contributed by atoms with Crippen LogP contribution in [0.15, 0.2) is 0 Å². The first-order valence-corrected chi connectivity index (χ1v) is 6.05. The van der Waals surface area contributed by atoms with Crippen molar-refractivity contribution in [1.82, 2.24) is 4.37 Å². The van der Waals surface area contributed by atoms with Crippen LogP contribution in [0.25, 0.3) is 0 Å². The summed E-state index contributed by atoms with van der Waals surface area (Å²) in [4.78, 5) is 2.14. The van der Waals surface area contributed by atoms with Gasteiger partial charge in [-0.05, 0) is 18.0 Å². The first-order valence-electron chi connectivity index (χ1n) is 5.28. The molecule has 1 fully saturated rings. The summed E-state index contributed by atoms with van der Waals surface area (Å²) in [5.74, 6) is 0.335. The van der Waals surface area contributed by atoms with E-state index in [1.807, 2.05) is 0 Å². The van der Waals surface area contributed by atoms with E-state index in [4.69, 9.17) is 15.7 Å². The molecule has 2 N–H and O–H groups in total. The molecule has 0 aromatic carbocycles. The summed E-state index contributed by atoms with van der Waals surface area (Å²) in [6.07, 6.45) is 1.22. The van der Waals surface area contributed by atoms with Gasteiger partial charge in [-0.2, -0.15) is 9.64 Å². The summed E-state index contributed by atoms with van der Waals surface area (Å²) in [6, 6.07) is 2.11. The molecule has 0 bridgehead atoms. The van der Waals surface area contributed by atoms with Crippen LogP contribution < -0.4 is 10.6 Å². The number of rotatable bonds is 2. The summed E-state index contributed by atoms with van der Waals surface area (Å²) >= 11 is 1.29. The molecule has 5 nitrogen and oxygen atoms in total. The minimum absolute atomic E-state index is 0.239. The van der Waals surface area contributed by atoms with Gasteiger partial charge in [0.05, 0.1) is 12.7 Å². The van der Waals surface area contributed by atoms with Gasteiger partial charge in [-0.15, -0.1) is 0 Å². The van der Waals surface area contributed by atoms with Gasteiger partial charge in [-0.1, -0.05) is 6.92 Å². The third kappa shape index (κ3) is 1.96. The molecule has 1 unspecified atom stereocenters. The Kier molecular flexibility index (Phi) is 3.27. The van der Waals surface area contributed by atoms with Gasteiger partial charge in [0.1, 0.15) is 16.6 Å². The Labute approximate surface area is 98.6 Å². The zero-order valence-corrected chi connectivity index (χ0v) is 9.96. The standard InChI is InChI=1S/C10H14N4OS/c1-2-7-6-14(3-4-15-7)10-8(5-11)9(12)13-16-10/h7H,2-4,6H2,1H3,(H2,12,13). The number of anilines is 2. The summed E-state index contributed by atoms with van der Waals surface area (Å²) in [6.45, 7) is 4.40. The molecule has 0 radical (unpaired) electrons. The van der Waals surface area contributed by atoms with Gasteiger partial charge in [0.2, 0.25) is 0 Å². The topological polar surface area (TPSA) is 75.2 Å². The van der Waals surface area contributed by atoms with E-state index in [-0.39, 0.29) is 6.10 Å². The summed E-state index contributed by atoms with van der Waals surface area (Å²) in [5.41, 5.74) is 6.15. The van der Waals surface area contributed by atoms with Crippen molar-refractivity contribution >= 4 is 22.4 Å². The molecule has 0 spiro atoms. The average Bonchev–Trinajstić information content (AvgIpc) is 2.70. The summed E-state index contributed by atoms with van der Waals surface area (Å²) < 4.78 is 9.62. The van der Waals surface area contributed by atoms with Gasteiger partial charge in [0.15, 0.2) is 5.82 Å². The third-order valence-electron chi connectivity index (χ3n) is 2.69. The van der Waals surface area contributed by atoms with Crippen LogP contribution in [0.2, 0.25) is 0 Å². The molecule has 2 rings (SSSR count). The van der Waals surface area contributed by atoms with Crippen molar-refractivity contribution in [2.45, 2.75) is 19.4 Å². The van der Waals surface area contributed by atoms with Crippen molar-refractivity contribution in [3.8, 4) is 6.07 Å². The molecule has 1 atom stereocenters. The van der Waals surface area contributed by atoms with E-state index in [1.54, 1.807) is 0 Å². The second kappa shape index (κ2) is 4.68. The fourth-order valence-electron chi connectivity index (χ4n) is 1.76. The van der Waals surface area contributed by atoms with Crippen LogP contribution in [0.4, 0.5) is 10.8 Å². The van der Waals surface area contributed by atoms with E-state index in [9.17, 15) is 0 Å². The third-order valence-corrected chi connectivity index (χ3v) is 3.62. The quantitative estimate of drug-likeness (QED) is 0.838. The second-order valence-corrected chi connectivity index (χ2v) is 4.46. The van der Waals surface area contributed by atoms with Gasteiger partial charge < -0.3 is 15.4 Å². The minimum atomic E-state index is 0.239. The Hall–Kier alpha value is -1.32. The first-order chi connectivity index (χ1) is 7.76. The number of morpholine rings is 1. The molecule has 1 aromatic rings. The molecule has 0 aliphatic carbocycles. The monoisotopic (exact) mass is 238 g/mol. The highest BCUT2D eigenvalue weighted by Crippen LogP contribution is 2.31. The molecular formula is C10H14N4OS. The van der Waals surface area contributed by atoms with E-state index in [0.717, 1.165) is 24.5 Å². The molecule has 1 aliphatic heterocycles. The van der Waals surface area contributed by atoms with Gasteiger partial charge >= 0.3 is 0 Å². The van der Waals surface area contributed by atoms with Crippen molar-refractivity contribution in [3.63, 3.8) is 0 Å². The number of nitrogens with two attached hydrogens (primary N) is 1. The molecule has 2 heterocycles. The van der Waals surface area contributed by atoms with Crippen LogP contribution >= 0.6 is 11.5 Å². The van der Waals surface area contributed by atoms with Crippen molar-refractivity contribution in [3.05, 3.63) is 5.56 Å². The first kappa shape index (κ1) is 11.2. The number of nitrogen functional groups attached to an aromatic ring is 1. The predicted molar refractivity (Wildman–Crippen MR) is 63.5 cm³/mol. The van der Waals surface area contributed by atoms with Crippen LogP contribution in [0.1, 0.15) is 18.9 Å². The van der Waals surface area contributed by atoms with Gasteiger partial charge in [0, 0.05) is 13.1 Å². The van der Waals surface area contributed by atoms with E-state index < -0.39 is 0 Å².